The molecule has 0 saturated heterocycles. The van der Waals surface area contributed by atoms with Crippen LogP contribution < -0.4 is 11.1 Å². The van der Waals surface area contributed by atoms with E-state index in [1.54, 1.807) is 23.9 Å². The second-order valence-electron chi connectivity index (χ2n) is 4.29. The number of thioether (sulfide) groups is 1. The zero-order chi connectivity index (χ0) is 15.4. The Morgan fingerprint density at radius 2 is 1.81 bits per heavy atom. The monoisotopic (exact) mass is 302 g/mol. The molecule has 0 spiro atoms. The normalized spacial score (nSPS) is 10.1. The summed E-state index contributed by atoms with van der Waals surface area (Å²) in [5.74, 6) is -1.50. The van der Waals surface area contributed by atoms with Crippen LogP contribution in [0.4, 0.5) is 11.4 Å². The van der Waals surface area contributed by atoms with E-state index in [0.29, 0.717) is 11.3 Å². The van der Waals surface area contributed by atoms with Gasteiger partial charge in [0.2, 0.25) is 0 Å². The molecule has 1 amide bonds. The van der Waals surface area contributed by atoms with E-state index in [2.05, 4.69) is 5.32 Å². The number of nitrogens with one attached hydrogen (secondary N) is 1. The molecule has 2 aromatic carbocycles. The molecule has 0 aromatic heterocycles. The average Bonchev–Trinajstić information content (AvgIpc) is 2.47. The number of hydrogen-bond donors (Lipinski definition) is 3. The van der Waals surface area contributed by atoms with Crippen LogP contribution in [-0.4, -0.2) is 23.2 Å². The standard InChI is InChI=1S/C15H14N2O3S/c1-21-11-5-2-9(3-6-11)14(18)17-13-8-10(16)4-7-12(13)15(19)20/h2-8H,16H2,1H3,(H,17,18)(H,19,20). The number of anilines is 2. The fourth-order valence-corrected chi connectivity index (χ4v) is 2.20. The molecule has 0 atom stereocenters. The Bertz CT molecular complexity index is 684. The van der Waals surface area contributed by atoms with Crippen molar-refractivity contribution in [2.75, 3.05) is 17.3 Å². The molecule has 0 aliphatic carbocycles. The van der Waals surface area contributed by atoms with Gasteiger partial charge in [-0.25, -0.2) is 4.79 Å². The zero-order valence-corrected chi connectivity index (χ0v) is 12.1. The Morgan fingerprint density at radius 3 is 2.38 bits per heavy atom. The molecule has 0 fully saturated rings. The molecule has 0 heterocycles. The fraction of sp³-hybridized carbons (Fsp3) is 0.0667. The second kappa shape index (κ2) is 6.32. The number of rotatable bonds is 4. The number of carboxylic acid groups (broad SMARTS) is 1. The Balaban J connectivity index is 2.26. The highest BCUT2D eigenvalue weighted by molar-refractivity contribution is 7.98. The second-order valence-corrected chi connectivity index (χ2v) is 5.17. The summed E-state index contributed by atoms with van der Waals surface area (Å²) in [4.78, 5) is 24.3. The molecule has 0 unspecified atom stereocenters. The van der Waals surface area contributed by atoms with Gasteiger partial charge in [0, 0.05) is 16.1 Å². The Hall–Kier alpha value is -2.47. The maximum Gasteiger partial charge on any atom is 0.337 e. The van der Waals surface area contributed by atoms with E-state index in [1.807, 2.05) is 18.4 Å². The first-order valence-corrected chi connectivity index (χ1v) is 7.32. The Morgan fingerprint density at radius 1 is 1.14 bits per heavy atom. The third kappa shape index (κ3) is 3.55. The molecule has 0 saturated carbocycles. The predicted octanol–water partition coefficient (Wildman–Crippen LogP) is 2.94. The SMILES string of the molecule is CSc1ccc(C(=O)Nc2cc(N)ccc2C(=O)O)cc1. The molecular formula is C15H14N2O3S. The highest BCUT2D eigenvalue weighted by Crippen LogP contribution is 2.21. The maximum atomic E-state index is 12.1. The van der Waals surface area contributed by atoms with Crippen LogP contribution >= 0.6 is 11.8 Å². The molecular weight excluding hydrogens is 288 g/mol. The van der Waals surface area contributed by atoms with E-state index in [1.165, 1.54) is 18.2 Å². The predicted molar refractivity (Wildman–Crippen MR) is 84.0 cm³/mol. The minimum Gasteiger partial charge on any atom is -0.478 e. The number of aromatic carboxylic acids is 1. The Labute approximate surface area is 126 Å². The van der Waals surface area contributed by atoms with Crippen molar-refractivity contribution in [2.45, 2.75) is 4.90 Å². The van der Waals surface area contributed by atoms with Gasteiger partial charge in [-0.2, -0.15) is 0 Å². The summed E-state index contributed by atoms with van der Waals surface area (Å²) in [5, 5.41) is 11.7. The van der Waals surface area contributed by atoms with Crippen LogP contribution in [0.2, 0.25) is 0 Å². The zero-order valence-electron chi connectivity index (χ0n) is 11.3. The van der Waals surface area contributed by atoms with Gasteiger partial charge in [0.05, 0.1) is 11.3 Å². The molecule has 0 radical (unpaired) electrons. The highest BCUT2D eigenvalue weighted by atomic mass is 32.2. The minimum absolute atomic E-state index is 0.00159. The summed E-state index contributed by atoms with van der Waals surface area (Å²) in [6.07, 6.45) is 1.95. The number of nitrogens with two attached hydrogens (primary N) is 1. The van der Waals surface area contributed by atoms with Gasteiger partial charge in [0.25, 0.3) is 5.91 Å². The number of amides is 1. The number of hydrogen-bond acceptors (Lipinski definition) is 4. The molecule has 21 heavy (non-hydrogen) atoms. The van der Waals surface area contributed by atoms with Crippen LogP contribution in [0.5, 0.6) is 0 Å². The lowest BCUT2D eigenvalue weighted by Gasteiger charge is -2.09. The Kier molecular flexibility index (Phi) is 4.49. The quantitative estimate of drug-likeness (QED) is 0.596. The summed E-state index contributed by atoms with van der Waals surface area (Å²) >= 11 is 1.58. The largest absolute Gasteiger partial charge is 0.478 e. The summed E-state index contributed by atoms with van der Waals surface area (Å²) in [6, 6.07) is 11.3. The van der Waals surface area contributed by atoms with Crippen molar-refractivity contribution in [1.29, 1.82) is 0 Å². The first-order chi connectivity index (χ1) is 10.0. The van der Waals surface area contributed by atoms with Gasteiger partial charge in [-0.05, 0) is 48.7 Å². The van der Waals surface area contributed by atoms with Gasteiger partial charge in [-0.15, -0.1) is 11.8 Å². The van der Waals surface area contributed by atoms with Gasteiger partial charge in [0.1, 0.15) is 0 Å². The van der Waals surface area contributed by atoms with Crippen LogP contribution in [0.25, 0.3) is 0 Å². The van der Waals surface area contributed by atoms with Crippen molar-refractivity contribution in [3.8, 4) is 0 Å². The van der Waals surface area contributed by atoms with E-state index < -0.39 is 5.97 Å². The lowest BCUT2D eigenvalue weighted by Crippen LogP contribution is -2.15. The fourth-order valence-electron chi connectivity index (χ4n) is 1.79. The van der Waals surface area contributed by atoms with E-state index in [9.17, 15) is 9.59 Å². The topological polar surface area (TPSA) is 92.4 Å². The molecule has 2 aromatic rings. The van der Waals surface area contributed by atoms with E-state index in [4.69, 9.17) is 10.8 Å². The average molecular weight is 302 g/mol. The van der Waals surface area contributed by atoms with Crippen molar-refractivity contribution < 1.29 is 14.7 Å². The van der Waals surface area contributed by atoms with Crippen molar-refractivity contribution in [3.63, 3.8) is 0 Å². The molecule has 0 aliphatic heterocycles. The lowest BCUT2D eigenvalue weighted by molar-refractivity contribution is 0.0698. The molecule has 0 bridgehead atoms. The van der Waals surface area contributed by atoms with Gasteiger partial charge in [-0.1, -0.05) is 0 Å². The van der Waals surface area contributed by atoms with Crippen LogP contribution in [0.15, 0.2) is 47.4 Å². The van der Waals surface area contributed by atoms with Gasteiger partial charge < -0.3 is 16.2 Å². The minimum atomic E-state index is -1.12. The van der Waals surface area contributed by atoms with Crippen molar-refractivity contribution in [3.05, 3.63) is 53.6 Å². The maximum absolute atomic E-state index is 12.1. The number of carboxylic acids is 1. The van der Waals surface area contributed by atoms with Crippen molar-refractivity contribution in [1.82, 2.24) is 0 Å². The summed E-state index contributed by atoms with van der Waals surface area (Å²) in [7, 11) is 0. The number of benzene rings is 2. The van der Waals surface area contributed by atoms with Crippen LogP contribution in [0, 0.1) is 0 Å². The van der Waals surface area contributed by atoms with Gasteiger partial charge >= 0.3 is 5.97 Å². The first-order valence-electron chi connectivity index (χ1n) is 6.09. The van der Waals surface area contributed by atoms with Crippen LogP contribution in [0.3, 0.4) is 0 Å². The van der Waals surface area contributed by atoms with E-state index >= 15 is 0 Å². The van der Waals surface area contributed by atoms with E-state index in [0.717, 1.165) is 4.90 Å². The number of carbonyl (C=O) groups excluding carboxylic acids is 1. The van der Waals surface area contributed by atoms with Crippen molar-refractivity contribution in [2.24, 2.45) is 0 Å². The van der Waals surface area contributed by atoms with Crippen LogP contribution in [-0.2, 0) is 0 Å². The summed E-state index contributed by atoms with van der Waals surface area (Å²) in [6.45, 7) is 0. The summed E-state index contributed by atoms with van der Waals surface area (Å²) < 4.78 is 0. The molecule has 6 heteroatoms. The highest BCUT2D eigenvalue weighted by Gasteiger charge is 2.14. The summed E-state index contributed by atoms with van der Waals surface area (Å²) in [5.41, 5.74) is 6.65. The molecule has 0 aliphatic rings. The molecule has 2 rings (SSSR count). The van der Waals surface area contributed by atoms with Crippen LogP contribution in [0.1, 0.15) is 20.7 Å². The number of carbonyl (C=O) groups is 2. The van der Waals surface area contributed by atoms with Gasteiger partial charge in [0.15, 0.2) is 0 Å². The molecule has 5 nitrogen and oxygen atoms in total. The van der Waals surface area contributed by atoms with Gasteiger partial charge in [-0.3, -0.25) is 4.79 Å². The number of nitrogen functional groups attached to an aromatic ring is 1. The van der Waals surface area contributed by atoms with E-state index in [-0.39, 0.29) is 17.2 Å². The third-order valence-corrected chi connectivity index (χ3v) is 3.62. The molecule has 4 N–H and O–H groups in total. The smallest absolute Gasteiger partial charge is 0.337 e. The third-order valence-electron chi connectivity index (χ3n) is 2.87. The lowest BCUT2D eigenvalue weighted by atomic mass is 10.1. The molecule has 108 valence electrons. The first kappa shape index (κ1) is 14.9. The van der Waals surface area contributed by atoms with Crippen molar-refractivity contribution >= 4 is 35.0 Å².